The van der Waals surface area contributed by atoms with Gasteiger partial charge < -0.3 is 19.4 Å². The molecule has 8 heteroatoms. The third-order valence-corrected chi connectivity index (χ3v) is 5.45. The van der Waals surface area contributed by atoms with Crippen LogP contribution in [-0.4, -0.2) is 60.1 Å². The Bertz CT molecular complexity index is 911. The maximum absolute atomic E-state index is 12.7. The molecule has 3 heterocycles. The third-order valence-electron chi connectivity index (χ3n) is 5.45. The number of halogens is 3. The highest BCUT2D eigenvalue weighted by atomic mass is 19.4. The molecule has 0 bridgehead atoms. The van der Waals surface area contributed by atoms with Gasteiger partial charge in [-0.25, -0.2) is 4.99 Å². The van der Waals surface area contributed by atoms with Crippen LogP contribution >= 0.6 is 0 Å². The Labute approximate surface area is 174 Å². The summed E-state index contributed by atoms with van der Waals surface area (Å²) < 4.78 is 42.2. The molecule has 160 valence electrons. The van der Waals surface area contributed by atoms with Crippen molar-refractivity contribution in [1.82, 2.24) is 14.7 Å². The first-order chi connectivity index (χ1) is 14.3. The minimum atomic E-state index is -4.72. The molecule has 0 aromatic heterocycles. The lowest BCUT2D eigenvalue weighted by Crippen LogP contribution is -2.49. The smallest absolute Gasteiger partial charge is 0.406 e. The summed E-state index contributed by atoms with van der Waals surface area (Å²) in [6.07, 6.45) is 3.99. The molecule has 1 atom stereocenters. The lowest BCUT2D eigenvalue weighted by Gasteiger charge is -2.38. The van der Waals surface area contributed by atoms with E-state index >= 15 is 0 Å². The molecule has 1 saturated heterocycles. The van der Waals surface area contributed by atoms with Crippen LogP contribution in [0.4, 0.5) is 13.2 Å². The van der Waals surface area contributed by atoms with Crippen molar-refractivity contribution in [3.8, 4) is 5.75 Å². The molecule has 0 N–H and O–H groups in total. The molecule has 1 unspecified atom stereocenters. The number of aliphatic imine (C=N–C) groups is 1. The number of ether oxygens (including phenoxy) is 1. The van der Waals surface area contributed by atoms with Gasteiger partial charge in [-0.1, -0.05) is 31.2 Å². The normalized spacial score (nSPS) is 22.7. The number of nitrogens with zero attached hydrogens (tertiary/aromatic N) is 4. The molecule has 0 saturated carbocycles. The molecule has 1 aromatic carbocycles. The van der Waals surface area contributed by atoms with Crippen molar-refractivity contribution in [1.29, 1.82) is 0 Å². The van der Waals surface area contributed by atoms with Crippen LogP contribution < -0.4 is 4.74 Å². The van der Waals surface area contributed by atoms with E-state index in [-0.39, 0.29) is 11.7 Å². The monoisotopic (exact) mass is 418 g/mol. The number of rotatable bonds is 2. The van der Waals surface area contributed by atoms with E-state index in [2.05, 4.69) is 45.7 Å². The van der Waals surface area contributed by atoms with Crippen LogP contribution in [0.3, 0.4) is 0 Å². The quantitative estimate of drug-likeness (QED) is 0.718. The summed E-state index contributed by atoms with van der Waals surface area (Å²) in [5.41, 5.74) is 2.47. The Morgan fingerprint density at radius 1 is 1.10 bits per heavy atom. The van der Waals surface area contributed by atoms with Gasteiger partial charge >= 0.3 is 6.36 Å². The Hall–Kier alpha value is -2.74. The highest BCUT2D eigenvalue weighted by Crippen LogP contribution is 2.35. The number of hydrogen-bond donors (Lipinski definition) is 0. The third kappa shape index (κ3) is 4.53. The lowest BCUT2D eigenvalue weighted by molar-refractivity contribution is -0.274. The van der Waals surface area contributed by atoms with Crippen molar-refractivity contribution in [3.63, 3.8) is 0 Å². The number of amidine groups is 1. The number of likely N-dealkylation sites (N-methyl/N-ethyl adjacent to an activating group) is 1. The number of piperazine rings is 1. The van der Waals surface area contributed by atoms with E-state index in [1.54, 1.807) is 18.3 Å². The van der Waals surface area contributed by atoms with Crippen molar-refractivity contribution in [2.45, 2.75) is 19.7 Å². The second kappa shape index (κ2) is 8.18. The second-order valence-corrected chi connectivity index (χ2v) is 7.84. The van der Waals surface area contributed by atoms with Crippen LogP contribution in [0.1, 0.15) is 18.9 Å². The highest BCUT2D eigenvalue weighted by molar-refractivity contribution is 6.01. The van der Waals surface area contributed by atoms with Crippen LogP contribution in [-0.2, 0) is 0 Å². The van der Waals surface area contributed by atoms with Gasteiger partial charge in [-0.2, -0.15) is 0 Å². The Morgan fingerprint density at radius 2 is 1.87 bits per heavy atom. The molecular weight excluding hydrogens is 393 g/mol. The molecule has 1 aromatic rings. The van der Waals surface area contributed by atoms with E-state index in [1.165, 1.54) is 12.1 Å². The van der Waals surface area contributed by atoms with Gasteiger partial charge in [0.1, 0.15) is 5.75 Å². The summed E-state index contributed by atoms with van der Waals surface area (Å²) in [6, 6.07) is 6.14. The average Bonchev–Trinajstić information content (AvgIpc) is 2.87. The van der Waals surface area contributed by atoms with Gasteiger partial charge in [-0.3, -0.25) is 0 Å². The van der Waals surface area contributed by atoms with Crippen LogP contribution in [0.5, 0.6) is 5.75 Å². The summed E-state index contributed by atoms with van der Waals surface area (Å²) >= 11 is 0. The fourth-order valence-electron chi connectivity index (χ4n) is 3.89. The molecule has 0 spiro atoms. The molecule has 0 radical (unpaired) electrons. The van der Waals surface area contributed by atoms with Crippen molar-refractivity contribution < 1.29 is 17.9 Å². The van der Waals surface area contributed by atoms with Crippen molar-refractivity contribution in [3.05, 3.63) is 60.1 Å². The van der Waals surface area contributed by atoms with Gasteiger partial charge in [0.15, 0.2) is 5.84 Å². The van der Waals surface area contributed by atoms with Gasteiger partial charge in [-0.05, 0) is 31.5 Å². The lowest BCUT2D eigenvalue weighted by atomic mass is 10.0. The van der Waals surface area contributed by atoms with E-state index in [0.717, 1.165) is 49.8 Å². The topological polar surface area (TPSA) is 31.3 Å². The molecule has 0 amide bonds. The zero-order chi connectivity index (χ0) is 21.3. The molecule has 0 aliphatic carbocycles. The number of hydrogen-bond acceptors (Lipinski definition) is 5. The number of allylic oxidation sites excluding steroid dienone is 2. The summed E-state index contributed by atoms with van der Waals surface area (Å²) in [5.74, 6) is 0.915. The fraction of sp³-hybridized carbons (Fsp3) is 0.409. The van der Waals surface area contributed by atoms with Crippen molar-refractivity contribution in [2.24, 2.45) is 10.9 Å². The van der Waals surface area contributed by atoms with E-state index in [1.807, 2.05) is 11.1 Å². The highest BCUT2D eigenvalue weighted by Gasteiger charge is 2.32. The predicted molar refractivity (Wildman–Crippen MR) is 110 cm³/mol. The second-order valence-electron chi connectivity index (χ2n) is 7.84. The maximum Gasteiger partial charge on any atom is 0.573 e. The van der Waals surface area contributed by atoms with Gasteiger partial charge in [0.2, 0.25) is 0 Å². The molecule has 1 fully saturated rings. The standard InChI is InChI=1S/C22H25F3N4O/c1-16-6-7-19-21(28-12-10-27(2)11-13-28)26-8-9-29(19)20(14-16)17-4-3-5-18(15-17)30-22(23,24)25/h3-5,7-9,14-16H,6,10-13H2,1-2H3. The maximum atomic E-state index is 12.7. The molecule has 3 aliphatic heterocycles. The van der Waals surface area contributed by atoms with Crippen LogP contribution in [0.2, 0.25) is 0 Å². The molecule has 30 heavy (non-hydrogen) atoms. The first-order valence-corrected chi connectivity index (χ1v) is 10.1. The van der Waals surface area contributed by atoms with E-state index in [0.29, 0.717) is 5.56 Å². The van der Waals surface area contributed by atoms with E-state index in [9.17, 15) is 13.2 Å². The summed E-state index contributed by atoms with van der Waals surface area (Å²) in [5, 5.41) is 0. The predicted octanol–water partition coefficient (Wildman–Crippen LogP) is 4.28. The zero-order valence-corrected chi connectivity index (χ0v) is 17.1. The largest absolute Gasteiger partial charge is 0.573 e. The van der Waals surface area contributed by atoms with E-state index in [4.69, 9.17) is 0 Å². The average molecular weight is 418 g/mol. The molecule has 4 rings (SSSR count). The summed E-state index contributed by atoms with van der Waals surface area (Å²) in [4.78, 5) is 11.2. The molecular formula is C22H25F3N4O. The number of fused-ring (bicyclic) bond motifs is 1. The summed E-state index contributed by atoms with van der Waals surface area (Å²) in [6.45, 7) is 5.80. The van der Waals surface area contributed by atoms with Crippen LogP contribution in [0.15, 0.2) is 59.5 Å². The minimum Gasteiger partial charge on any atom is -0.406 e. The van der Waals surface area contributed by atoms with Gasteiger partial charge in [0.05, 0.1) is 5.70 Å². The van der Waals surface area contributed by atoms with E-state index < -0.39 is 6.36 Å². The fourth-order valence-corrected chi connectivity index (χ4v) is 3.89. The Balaban J connectivity index is 1.66. The summed E-state index contributed by atoms with van der Waals surface area (Å²) in [7, 11) is 2.11. The van der Waals surface area contributed by atoms with Crippen LogP contribution in [0.25, 0.3) is 5.70 Å². The number of alkyl halides is 3. The number of benzene rings is 1. The van der Waals surface area contributed by atoms with Crippen molar-refractivity contribution >= 4 is 11.5 Å². The Kier molecular flexibility index (Phi) is 5.60. The van der Waals surface area contributed by atoms with Crippen LogP contribution in [0, 0.1) is 5.92 Å². The van der Waals surface area contributed by atoms with Gasteiger partial charge in [-0.15, -0.1) is 13.2 Å². The molecule has 5 nitrogen and oxygen atoms in total. The first kappa shape index (κ1) is 20.5. The molecule has 3 aliphatic rings. The minimum absolute atomic E-state index is 0.225. The SMILES string of the molecule is CC1C=C(c2cccc(OC(F)(F)F)c2)N2C=CN=C(N3CCN(C)CC3)C2=CC1. The van der Waals surface area contributed by atoms with Gasteiger partial charge in [0, 0.05) is 49.8 Å². The first-order valence-electron chi connectivity index (χ1n) is 10.1. The zero-order valence-electron chi connectivity index (χ0n) is 17.1. The Morgan fingerprint density at radius 3 is 2.60 bits per heavy atom. The van der Waals surface area contributed by atoms with Crippen molar-refractivity contribution in [2.75, 3.05) is 33.2 Å². The van der Waals surface area contributed by atoms with Gasteiger partial charge in [0.25, 0.3) is 0 Å².